The molecule has 0 saturated carbocycles. The van der Waals surface area contributed by atoms with Crippen molar-refractivity contribution in [2.75, 3.05) is 0 Å². The summed E-state index contributed by atoms with van der Waals surface area (Å²) in [5.74, 6) is 0.668. The average molecular weight is 362 g/mol. The van der Waals surface area contributed by atoms with Crippen molar-refractivity contribution >= 4 is 12.6 Å². The maximum absolute atomic E-state index is 5.49. The Labute approximate surface area is 163 Å². The first-order chi connectivity index (χ1) is 12.3. The summed E-state index contributed by atoms with van der Waals surface area (Å²) in [6.45, 7) is 4.59. The highest BCUT2D eigenvalue weighted by Gasteiger charge is 2.11. The molecule has 143 valence electrons. The summed E-state index contributed by atoms with van der Waals surface area (Å²) in [5, 5.41) is 0. The van der Waals surface area contributed by atoms with Crippen LogP contribution in [0, 0.1) is 0 Å². The quantitative estimate of drug-likeness (QED) is 0.257. The third-order valence-corrected chi connectivity index (χ3v) is 5.88. The van der Waals surface area contributed by atoms with Gasteiger partial charge in [0.2, 0.25) is 0 Å². The summed E-state index contributed by atoms with van der Waals surface area (Å²) in [6.07, 6.45) is 21.1. The number of benzene rings is 1. The first kappa shape index (κ1) is 22.5. The predicted molar refractivity (Wildman–Crippen MR) is 116 cm³/mol. The van der Waals surface area contributed by atoms with Gasteiger partial charge in [0.05, 0.1) is 0 Å². The van der Waals surface area contributed by atoms with Gasteiger partial charge in [0.1, 0.15) is 0 Å². The molecule has 0 aliphatic heterocycles. The van der Waals surface area contributed by atoms with Crippen molar-refractivity contribution in [2.24, 2.45) is 0 Å². The molecule has 0 saturated heterocycles. The Morgan fingerprint density at radius 3 is 1.64 bits per heavy atom. The molecule has 1 unspecified atom stereocenters. The Morgan fingerprint density at radius 2 is 1.16 bits per heavy atom. The Hall–Kier alpha value is -0.560. The molecule has 0 aliphatic carbocycles. The van der Waals surface area contributed by atoms with E-state index < -0.39 is 0 Å². The molecule has 0 aromatic heterocycles. The Kier molecular flexibility index (Phi) is 14.1. The fourth-order valence-electron chi connectivity index (χ4n) is 3.81. The Balaban J connectivity index is 1.95. The van der Waals surface area contributed by atoms with Gasteiger partial charge in [0, 0.05) is 4.90 Å². The lowest BCUT2D eigenvalue weighted by Crippen LogP contribution is -1.99. The molecule has 0 nitrogen and oxygen atoms in total. The zero-order chi connectivity index (χ0) is 18.2. The SMILES string of the molecule is CCCCCCCCCCCCCCCC(CC)c1ccccc1[S]. The van der Waals surface area contributed by atoms with Crippen LogP contribution in [0.5, 0.6) is 0 Å². The molecule has 0 amide bonds. The normalized spacial score (nSPS) is 12.4. The van der Waals surface area contributed by atoms with Gasteiger partial charge in [0.25, 0.3) is 0 Å². The topological polar surface area (TPSA) is 0 Å². The van der Waals surface area contributed by atoms with Crippen LogP contribution in [0.3, 0.4) is 0 Å². The monoisotopic (exact) mass is 361 g/mol. The molecule has 0 spiro atoms. The first-order valence-corrected chi connectivity index (χ1v) is 11.5. The van der Waals surface area contributed by atoms with Gasteiger partial charge in [-0.15, -0.1) is 0 Å². The summed E-state index contributed by atoms with van der Waals surface area (Å²) in [7, 11) is 0. The van der Waals surface area contributed by atoms with Gasteiger partial charge in [0.15, 0.2) is 0 Å². The molecule has 0 N–H and O–H groups in total. The van der Waals surface area contributed by atoms with E-state index in [9.17, 15) is 0 Å². The highest BCUT2D eigenvalue weighted by Crippen LogP contribution is 2.30. The highest BCUT2D eigenvalue weighted by atomic mass is 32.1. The summed E-state index contributed by atoms with van der Waals surface area (Å²) >= 11 is 5.49. The molecule has 1 heteroatoms. The Bertz CT molecular complexity index is 412. The molecule has 0 fully saturated rings. The van der Waals surface area contributed by atoms with Crippen molar-refractivity contribution in [2.45, 2.75) is 121 Å². The average Bonchev–Trinajstić information content (AvgIpc) is 2.63. The van der Waals surface area contributed by atoms with Crippen LogP contribution in [0.25, 0.3) is 0 Å². The number of unbranched alkanes of at least 4 members (excludes halogenated alkanes) is 12. The van der Waals surface area contributed by atoms with Crippen LogP contribution in [-0.4, -0.2) is 0 Å². The van der Waals surface area contributed by atoms with Crippen LogP contribution >= 0.6 is 12.6 Å². The van der Waals surface area contributed by atoms with E-state index in [1.165, 1.54) is 102 Å². The van der Waals surface area contributed by atoms with Crippen LogP contribution in [0.2, 0.25) is 0 Å². The lowest BCUT2D eigenvalue weighted by molar-refractivity contribution is 0.511. The predicted octanol–water partition coefficient (Wildman–Crippen LogP) is 9.22. The first-order valence-electron chi connectivity index (χ1n) is 11.1. The third kappa shape index (κ3) is 10.9. The van der Waals surface area contributed by atoms with Crippen molar-refractivity contribution < 1.29 is 0 Å². The highest BCUT2D eigenvalue weighted by molar-refractivity contribution is 7.80. The molecular formula is C24H41S. The fourth-order valence-corrected chi connectivity index (χ4v) is 4.12. The van der Waals surface area contributed by atoms with Gasteiger partial charge < -0.3 is 0 Å². The molecule has 1 aromatic carbocycles. The van der Waals surface area contributed by atoms with Crippen molar-refractivity contribution in [1.82, 2.24) is 0 Å². The summed E-state index contributed by atoms with van der Waals surface area (Å²) < 4.78 is 0. The third-order valence-electron chi connectivity index (χ3n) is 5.51. The molecule has 25 heavy (non-hydrogen) atoms. The van der Waals surface area contributed by atoms with E-state index in [-0.39, 0.29) is 0 Å². The molecule has 1 rings (SSSR count). The van der Waals surface area contributed by atoms with Crippen molar-refractivity contribution in [3.8, 4) is 0 Å². The maximum Gasteiger partial charge on any atom is 0.0411 e. The van der Waals surface area contributed by atoms with E-state index in [1.807, 2.05) is 0 Å². The van der Waals surface area contributed by atoms with Gasteiger partial charge in [-0.05, 0) is 30.4 Å². The van der Waals surface area contributed by atoms with Crippen molar-refractivity contribution in [3.05, 3.63) is 29.8 Å². The second-order valence-electron chi connectivity index (χ2n) is 7.67. The van der Waals surface area contributed by atoms with Crippen LogP contribution in [0.1, 0.15) is 122 Å². The minimum atomic E-state index is 0.668. The van der Waals surface area contributed by atoms with Gasteiger partial charge in [-0.2, -0.15) is 0 Å². The molecular weight excluding hydrogens is 320 g/mol. The van der Waals surface area contributed by atoms with Gasteiger partial charge >= 0.3 is 0 Å². The maximum atomic E-state index is 5.49. The van der Waals surface area contributed by atoms with Crippen LogP contribution in [0.15, 0.2) is 29.2 Å². The molecule has 1 radical (unpaired) electrons. The minimum absolute atomic E-state index is 0.668. The lowest BCUT2D eigenvalue weighted by atomic mass is 9.90. The second-order valence-corrected chi connectivity index (χ2v) is 8.11. The van der Waals surface area contributed by atoms with Crippen LogP contribution in [-0.2, 0) is 0 Å². The van der Waals surface area contributed by atoms with E-state index in [2.05, 4.69) is 38.1 Å². The largest absolute Gasteiger partial charge is 0.0798 e. The van der Waals surface area contributed by atoms with Gasteiger partial charge in [-0.1, -0.05) is 128 Å². The molecule has 0 bridgehead atoms. The van der Waals surface area contributed by atoms with E-state index in [0.29, 0.717) is 5.92 Å². The molecule has 1 atom stereocenters. The minimum Gasteiger partial charge on any atom is -0.0798 e. The van der Waals surface area contributed by atoms with Gasteiger partial charge in [-0.3, -0.25) is 0 Å². The molecule has 0 aliphatic rings. The fraction of sp³-hybridized carbons (Fsp3) is 0.750. The zero-order valence-electron chi connectivity index (χ0n) is 16.9. The molecule has 0 heterocycles. The van der Waals surface area contributed by atoms with E-state index in [0.717, 1.165) is 4.90 Å². The van der Waals surface area contributed by atoms with Crippen LogP contribution in [0.4, 0.5) is 0 Å². The zero-order valence-corrected chi connectivity index (χ0v) is 17.7. The van der Waals surface area contributed by atoms with E-state index in [1.54, 1.807) is 0 Å². The van der Waals surface area contributed by atoms with E-state index in [4.69, 9.17) is 12.6 Å². The van der Waals surface area contributed by atoms with Crippen LogP contribution < -0.4 is 0 Å². The number of hydrogen-bond acceptors (Lipinski definition) is 0. The smallest absolute Gasteiger partial charge is 0.0411 e. The molecule has 1 aromatic rings. The van der Waals surface area contributed by atoms with Crippen molar-refractivity contribution in [3.63, 3.8) is 0 Å². The van der Waals surface area contributed by atoms with E-state index >= 15 is 0 Å². The Morgan fingerprint density at radius 1 is 0.680 bits per heavy atom. The van der Waals surface area contributed by atoms with Gasteiger partial charge in [-0.25, -0.2) is 0 Å². The second kappa shape index (κ2) is 15.7. The van der Waals surface area contributed by atoms with Crippen molar-refractivity contribution in [1.29, 1.82) is 0 Å². The standard InChI is InChI=1S/C24H41S/c1-3-5-6-7-8-9-10-11-12-13-14-15-16-19-22(4-2)23-20-17-18-21-24(23)25/h17-18,20-22H,3-16,19H2,1-2H3. The summed E-state index contributed by atoms with van der Waals surface area (Å²) in [5.41, 5.74) is 1.40. The summed E-state index contributed by atoms with van der Waals surface area (Å²) in [4.78, 5) is 1.06. The number of hydrogen-bond donors (Lipinski definition) is 0. The number of rotatable bonds is 16. The lowest BCUT2D eigenvalue weighted by Gasteiger charge is -2.16. The summed E-state index contributed by atoms with van der Waals surface area (Å²) in [6, 6.07) is 8.51.